The van der Waals surface area contributed by atoms with E-state index in [0.717, 1.165) is 10.4 Å². The molecule has 1 atom stereocenters. The Morgan fingerprint density at radius 1 is 0.970 bits per heavy atom. The lowest BCUT2D eigenvalue weighted by molar-refractivity contribution is 0.0681. The zero-order chi connectivity index (χ0) is 24.2. The fourth-order valence-corrected chi connectivity index (χ4v) is 8.94. The summed E-state index contributed by atoms with van der Waals surface area (Å²) < 4.78 is 12.9. The van der Waals surface area contributed by atoms with Crippen molar-refractivity contribution in [1.29, 1.82) is 0 Å². The number of benzene rings is 3. The monoisotopic (exact) mass is 464 g/mol. The fraction of sp³-hybridized carbons (Fsp3) is 0.296. The number of hydrogen-bond donors (Lipinski definition) is 2. The lowest BCUT2D eigenvalue weighted by atomic mass is 10.1. The van der Waals surface area contributed by atoms with E-state index >= 15 is 0 Å². The Balaban J connectivity index is 1.97. The summed E-state index contributed by atoms with van der Waals surface area (Å²) in [6, 6.07) is 23.7. The van der Waals surface area contributed by atoms with E-state index in [9.17, 15) is 15.0 Å². The van der Waals surface area contributed by atoms with Gasteiger partial charge in [-0.3, -0.25) is 0 Å². The maximum atomic E-state index is 11.7. The van der Waals surface area contributed by atoms with Crippen LogP contribution in [-0.2, 0) is 4.43 Å². The molecule has 0 aliphatic rings. The largest absolute Gasteiger partial charge is 0.507 e. The van der Waals surface area contributed by atoms with Crippen molar-refractivity contribution in [3.05, 3.63) is 83.9 Å². The molecule has 3 rings (SSSR count). The summed E-state index contributed by atoms with van der Waals surface area (Å²) in [7, 11) is -2.73. The van der Waals surface area contributed by atoms with E-state index in [1.807, 2.05) is 43.3 Å². The molecule has 33 heavy (non-hydrogen) atoms. The van der Waals surface area contributed by atoms with Gasteiger partial charge in [-0.05, 0) is 47.0 Å². The summed E-state index contributed by atoms with van der Waals surface area (Å²) in [6.45, 7) is 10.5. The molecule has 6 heteroatoms. The fourth-order valence-electron chi connectivity index (χ4n) is 4.30. The topological polar surface area (TPSA) is 76.0 Å². The first-order chi connectivity index (χ1) is 15.6. The lowest BCUT2D eigenvalue weighted by Gasteiger charge is -2.43. The average molecular weight is 465 g/mol. The van der Waals surface area contributed by atoms with Gasteiger partial charge in [0, 0.05) is 0 Å². The summed E-state index contributed by atoms with van der Waals surface area (Å²) in [6.07, 6.45) is -0.439. The molecule has 0 unspecified atom stereocenters. The van der Waals surface area contributed by atoms with Crippen molar-refractivity contribution in [3.63, 3.8) is 0 Å². The van der Waals surface area contributed by atoms with Crippen molar-refractivity contribution >= 4 is 24.7 Å². The first-order valence-electron chi connectivity index (χ1n) is 11.0. The standard InChI is InChI=1S/C27H32O5Si/c1-19-16-23(28)25(26(29)30)24(17-19)32-20(2)18-31-33(27(3,4)5,21-12-8-6-9-13-21)22-14-10-7-11-15-22/h6-17,20,28H,18H2,1-5H3,(H,29,30)/t20-/m1/s1. The number of aryl methyl sites for hydroxylation is 1. The molecule has 3 aromatic carbocycles. The predicted octanol–water partition coefficient (Wildman–Crippen LogP) is 4.74. The number of carboxylic acids is 1. The zero-order valence-corrected chi connectivity index (χ0v) is 20.8. The van der Waals surface area contributed by atoms with Gasteiger partial charge in [0.25, 0.3) is 8.32 Å². The van der Waals surface area contributed by atoms with Crippen LogP contribution in [0.15, 0.2) is 72.8 Å². The van der Waals surface area contributed by atoms with Crippen LogP contribution in [0, 0.1) is 6.92 Å². The van der Waals surface area contributed by atoms with Gasteiger partial charge in [0.2, 0.25) is 0 Å². The average Bonchev–Trinajstić information content (AvgIpc) is 2.74. The summed E-state index contributed by atoms with van der Waals surface area (Å²) in [5.74, 6) is -1.40. The highest BCUT2D eigenvalue weighted by Crippen LogP contribution is 2.37. The van der Waals surface area contributed by atoms with E-state index in [0.29, 0.717) is 5.56 Å². The van der Waals surface area contributed by atoms with Gasteiger partial charge in [-0.1, -0.05) is 81.4 Å². The van der Waals surface area contributed by atoms with Crippen molar-refractivity contribution in [2.75, 3.05) is 6.61 Å². The van der Waals surface area contributed by atoms with Crippen LogP contribution in [0.3, 0.4) is 0 Å². The first kappa shape index (κ1) is 24.5. The molecule has 0 radical (unpaired) electrons. The number of aromatic carboxylic acids is 1. The van der Waals surface area contributed by atoms with Gasteiger partial charge in [0.15, 0.2) is 0 Å². The van der Waals surface area contributed by atoms with E-state index in [1.165, 1.54) is 6.07 Å². The van der Waals surface area contributed by atoms with E-state index in [1.54, 1.807) is 13.0 Å². The molecule has 0 aliphatic carbocycles. The van der Waals surface area contributed by atoms with E-state index in [4.69, 9.17) is 9.16 Å². The molecule has 0 saturated carbocycles. The van der Waals surface area contributed by atoms with Crippen molar-refractivity contribution in [1.82, 2.24) is 0 Å². The smallest absolute Gasteiger partial charge is 0.343 e. The Morgan fingerprint density at radius 2 is 1.48 bits per heavy atom. The Kier molecular flexibility index (Phi) is 7.30. The number of aromatic hydroxyl groups is 1. The SMILES string of the molecule is Cc1cc(O)c(C(=O)O)c(O[C@H](C)CO[Si](c2ccccc2)(c2ccccc2)C(C)(C)C)c1. The molecule has 5 nitrogen and oxygen atoms in total. The van der Waals surface area contributed by atoms with Crippen LogP contribution in [0.25, 0.3) is 0 Å². The van der Waals surface area contributed by atoms with Crippen LogP contribution in [0.2, 0.25) is 5.04 Å². The molecular formula is C27H32O5Si. The Labute approximate surface area is 196 Å². The third kappa shape index (κ3) is 5.12. The van der Waals surface area contributed by atoms with Crippen LogP contribution < -0.4 is 15.1 Å². The van der Waals surface area contributed by atoms with E-state index in [-0.39, 0.29) is 28.7 Å². The molecular weight excluding hydrogens is 432 g/mol. The number of phenols is 1. The summed E-state index contributed by atoms with van der Waals surface area (Å²) in [4.78, 5) is 11.7. The van der Waals surface area contributed by atoms with Crippen molar-refractivity contribution in [2.45, 2.75) is 45.8 Å². The quantitative estimate of drug-likeness (QED) is 0.471. The molecule has 174 valence electrons. The van der Waals surface area contributed by atoms with Crippen molar-refractivity contribution in [3.8, 4) is 11.5 Å². The second kappa shape index (κ2) is 9.81. The number of ether oxygens (including phenoxy) is 1. The molecule has 0 heterocycles. The van der Waals surface area contributed by atoms with Crippen LogP contribution in [0.5, 0.6) is 11.5 Å². The summed E-state index contributed by atoms with van der Waals surface area (Å²) in [5, 5.41) is 21.8. The molecule has 0 aromatic heterocycles. The highest BCUT2D eigenvalue weighted by Gasteiger charge is 2.50. The maximum Gasteiger partial charge on any atom is 0.343 e. The van der Waals surface area contributed by atoms with Gasteiger partial charge < -0.3 is 19.4 Å². The Morgan fingerprint density at radius 3 is 1.94 bits per heavy atom. The third-order valence-electron chi connectivity index (χ3n) is 5.72. The molecule has 0 aliphatic heterocycles. The van der Waals surface area contributed by atoms with Crippen molar-refractivity contribution in [2.24, 2.45) is 0 Å². The van der Waals surface area contributed by atoms with Gasteiger partial charge >= 0.3 is 5.97 Å². The summed E-state index contributed by atoms with van der Waals surface area (Å²) in [5.41, 5.74) is 0.477. The second-order valence-corrected chi connectivity index (χ2v) is 13.7. The van der Waals surface area contributed by atoms with Gasteiger partial charge in [0.05, 0.1) is 6.61 Å². The van der Waals surface area contributed by atoms with Crippen LogP contribution in [0.4, 0.5) is 0 Å². The molecule has 0 amide bonds. The summed E-state index contributed by atoms with van der Waals surface area (Å²) >= 11 is 0. The number of rotatable bonds is 8. The van der Waals surface area contributed by atoms with Gasteiger partial charge in [-0.25, -0.2) is 4.79 Å². The lowest BCUT2D eigenvalue weighted by Crippen LogP contribution is -2.67. The van der Waals surface area contributed by atoms with Crippen LogP contribution in [-0.4, -0.2) is 37.2 Å². The Hall–Kier alpha value is -3.09. The Bertz CT molecular complexity index is 1050. The first-order valence-corrected chi connectivity index (χ1v) is 13.0. The highest BCUT2D eigenvalue weighted by atomic mass is 28.4. The number of hydrogen-bond acceptors (Lipinski definition) is 4. The molecule has 0 fully saturated rings. The number of carboxylic acid groups (broad SMARTS) is 1. The van der Waals surface area contributed by atoms with Crippen LogP contribution in [0.1, 0.15) is 43.6 Å². The molecule has 0 bridgehead atoms. The zero-order valence-electron chi connectivity index (χ0n) is 19.8. The number of carbonyl (C=O) groups is 1. The molecule has 0 spiro atoms. The highest BCUT2D eigenvalue weighted by molar-refractivity contribution is 6.99. The minimum absolute atomic E-state index is 0.138. The van der Waals surface area contributed by atoms with Gasteiger partial charge in [-0.2, -0.15) is 0 Å². The van der Waals surface area contributed by atoms with Gasteiger partial charge in [-0.15, -0.1) is 0 Å². The van der Waals surface area contributed by atoms with Crippen LogP contribution >= 0.6 is 0 Å². The predicted molar refractivity (Wildman–Crippen MR) is 133 cm³/mol. The van der Waals surface area contributed by atoms with Crippen molar-refractivity contribution < 1.29 is 24.2 Å². The minimum Gasteiger partial charge on any atom is -0.507 e. The third-order valence-corrected chi connectivity index (χ3v) is 10.7. The second-order valence-electron chi connectivity index (χ2n) is 9.37. The molecule has 2 N–H and O–H groups in total. The van der Waals surface area contributed by atoms with E-state index < -0.39 is 20.4 Å². The normalized spacial score (nSPS) is 12.9. The van der Waals surface area contributed by atoms with Gasteiger partial charge in [0.1, 0.15) is 23.2 Å². The minimum atomic E-state index is -2.73. The molecule has 0 saturated heterocycles. The molecule has 3 aromatic rings. The maximum absolute atomic E-state index is 11.7. The van der Waals surface area contributed by atoms with E-state index in [2.05, 4.69) is 45.0 Å².